The monoisotopic (exact) mass is 288 g/mol. The van der Waals surface area contributed by atoms with E-state index in [-0.39, 0.29) is 0 Å². The third-order valence-corrected chi connectivity index (χ3v) is 3.66. The van der Waals surface area contributed by atoms with Gasteiger partial charge in [-0.3, -0.25) is 0 Å². The van der Waals surface area contributed by atoms with Gasteiger partial charge >= 0.3 is 0 Å². The van der Waals surface area contributed by atoms with E-state index in [1.165, 1.54) is 0 Å². The highest BCUT2D eigenvalue weighted by molar-refractivity contribution is 9.10. The summed E-state index contributed by atoms with van der Waals surface area (Å²) in [6.07, 6.45) is 2.11. The fourth-order valence-corrected chi connectivity index (χ4v) is 2.42. The highest BCUT2D eigenvalue weighted by atomic mass is 79.9. The van der Waals surface area contributed by atoms with Crippen molar-refractivity contribution in [1.29, 1.82) is 0 Å². The summed E-state index contributed by atoms with van der Waals surface area (Å²) in [5, 5.41) is 3.46. The zero-order chi connectivity index (χ0) is 11.4. The Hall–Kier alpha value is -0.350. The normalized spacial score (nSPS) is 12.5. The second kappa shape index (κ2) is 5.66. The molecule has 1 atom stereocenters. The van der Waals surface area contributed by atoms with Gasteiger partial charge in [0, 0.05) is 27.6 Å². The molecular weight excluding hydrogens is 272 g/mol. The Morgan fingerprint density at radius 1 is 1.53 bits per heavy atom. The number of nitrogen functional groups attached to an aromatic ring is 1. The Morgan fingerprint density at radius 3 is 2.80 bits per heavy atom. The van der Waals surface area contributed by atoms with Crippen LogP contribution in [0.2, 0.25) is 0 Å². The van der Waals surface area contributed by atoms with Gasteiger partial charge < -0.3 is 11.1 Å². The van der Waals surface area contributed by atoms with Crippen molar-refractivity contribution in [3.05, 3.63) is 22.2 Å². The van der Waals surface area contributed by atoms with E-state index in [1.54, 1.807) is 0 Å². The zero-order valence-electron chi connectivity index (χ0n) is 9.30. The van der Waals surface area contributed by atoms with Gasteiger partial charge in [0.2, 0.25) is 0 Å². The Bertz CT molecular complexity index is 342. The van der Waals surface area contributed by atoms with Crippen LogP contribution >= 0.6 is 27.7 Å². The molecule has 3 N–H and O–H groups in total. The first-order valence-electron chi connectivity index (χ1n) is 4.85. The summed E-state index contributed by atoms with van der Waals surface area (Å²) >= 11 is 5.35. The molecule has 1 rings (SSSR count). The summed E-state index contributed by atoms with van der Waals surface area (Å²) < 4.78 is 1.03. The van der Waals surface area contributed by atoms with E-state index < -0.39 is 0 Å². The Labute approximate surface area is 104 Å². The van der Waals surface area contributed by atoms with Crippen LogP contribution in [0.4, 0.5) is 11.4 Å². The third-order valence-electron chi connectivity index (χ3n) is 2.17. The lowest BCUT2D eigenvalue weighted by Crippen LogP contribution is -2.18. The zero-order valence-corrected chi connectivity index (χ0v) is 11.7. The second-order valence-corrected chi connectivity index (χ2v) is 5.45. The van der Waals surface area contributed by atoms with Crippen LogP contribution in [-0.2, 0) is 0 Å². The van der Waals surface area contributed by atoms with Crippen molar-refractivity contribution in [2.24, 2.45) is 0 Å². The van der Waals surface area contributed by atoms with Gasteiger partial charge in [0.15, 0.2) is 0 Å². The molecule has 0 bridgehead atoms. The van der Waals surface area contributed by atoms with Gasteiger partial charge in [-0.05, 0) is 53.7 Å². The maximum absolute atomic E-state index is 5.82. The molecule has 0 amide bonds. The van der Waals surface area contributed by atoms with Crippen molar-refractivity contribution in [1.82, 2.24) is 0 Å². The minimum atomic E-state index is 0.458. The summed E-state index contributed by atoms with van der Waals surface area (Å²) in [6.45, 7) is 4.20. The summed E-state index contributed by atoms with van der Waals surface area (Å²) in [5.41, 5.74) is 8.86. The van der Waals surface area contributed by atoms with Crippen LogP contribution in [-0.4, -0.2) is 18.1 Å². The molecule has 0 saturated carbocycles. The van der Waals surface area contributed by atoms with Crippen molar-refractivity contribution in [2.45, 2.75) is 19.9 Å². The number of aryl methyl sites for hydroxylation is 1. The number of anilines is 2. The third kappa shape index (κ3) is 3.61. The van der Waals surface area contributed by atoms with Crippen LogP contribution in [0.1, 0.15) is 12.5 Å². The summed E-state index contributed by atoms with van der Waals surface area (Å²) in [6, 6.07) is 4.49. The number of rotatable bonds is 4. The smallest absolute Gasteiger partial charge is 0.0491 e. The largest absolute Gasteiger partial charge is 0.398 e. The minimum absolute atomic E-state index is 0.458. The topological polar surface area (TPSA) is 38.0 Å². The molecule has 1 aromatic rings. The maximum atomic E-state index is 5.82. The van der Waals surface area contributed by atoms with Gasteiger partial charge in [-0.1, -0.05) is 0 Å². The predicted molar refractivity (Wildman–Crippen MR) is 74.8 cm³/mol. The second-order valence-electron chi connectivity index (χ2n) is 3.69. The SMILES string of the molecule is CSCC(C)Nc1cc(C)c(N)cc1Br. The van der Waals surface area contributed by atoms with Gasteiger partial charge in [0.05, 0.1) is 0 Å². The van der Waals surface area contributed by atoms with Gasteiger partial charge in [-0.15, -0.1) is 0 Å². The van der Waals surface area contributed by atoms with E-state index in [0.29, 0.717) is 6.04 Å². The van der Waals surface area contributed by atoms with Gasteiger partial charge in [0.1, 0.15) is 0 Å². The number of thioether (sulfide) groups is 1. The highest BCUT2D eigenvalue weighted by Gasteiger charge is 2.06. The first-order chi connectivity index (χ1) is 7.04. The van der Waals surface area contributed by atoms with E-state index in [2.05, 4.69) is 40.5 Å². The van der Waals surface area contributed by atoms with Crippen molar-refractivity contribution < 1.29 is 0 Å². The van der Waals surface area contributed by atoms with Crippen LogP contribution < -0.4 is 11.1 Å². The van der Waals surface area contributed by atoms with E-state index in [1.807, 2.05) is 24.8 Å². The average Bonchev–Trinajstić information content (AvgIpc) is 2.14. The maximum Gasteiger partial charge on any atom is 0.0491 e. The fraction of sp³-hybridized carbons (Fsp3) is 0.455. The first kappa shape index (κ1) is 12.7. The van der Waals surface area contributed by atoms with Gasteiger partial charge in [-0.2, -0.15) is 11.8 Å². The number of nitrogens with one attached hydrogen (secondary N) is 1. The van der Waals surface area contributed by atoms with Gasteiger partial charge in [-0.25, -0.2) is 0 Å². The molecule has 2 nitrogen and oxygen atoms in total. The molecule has 1 aromatic carbocycles. The Kier molecular flexibility index (Phi) is 4.80. The van der Waals surface area contributed by atoms with Crippen molar-refractivity contribution in [3.8, 4) is 0 Å². The van der Waals surface area contributed by atoms with Gasteiger partial charge in [0.25, 0.3) is 0 Å². The molecule has 0 aliphatic heterocycles. The van der Waals surface area contributed by atoms with Crippen molar-refractivity contribution >= 4 is 39.1 Å². The molecule has 0 aromatic heterocycles. The van der Waals surface area contributed by atoms with Crippen LogP contribution in [0.15, 0.2) is 16.6 Å². The molecule has 84 valence electrons. The van der Waals surface area contributed by atoms with Crippen LogP contribution in [0.25, 0.3) is 0 Å². The fourth-order valence-electron chi connectivity index (χ4n) is 1.36. The summed E-state index contributed by atoms with van der Waals surface area (Å²) in [4.78, 5) is 0. The van der Waals surface area contributed by atoms with Crippen LogP contribution in [0, 0.1) is 6.92 Å². The van der Waals surface area contributed by atoms with E-state index in [0.717, 1.165) is 27.2 Å². The predicted octanol–water partition coefficient (Wildman–Crippen LogP) is 3.50. The number of hydrogen-bond donors (Lipinski definition) is 2. The molecule has 1 unspecified atom stereocenters. The molecule has 0 aliphatic carbocycles. The highest BCUT2D eigenvalue weighted by Crippen LogP contribution is 2.28. The van der Waals surface area contributed by atoms with Crippen molar-refractivity contribution in [3.63, 3.8) is 0 Å². The molecule has 0 fully saturated rings. The molecule has 15 heavy (non-hydrogen) atoms. The van der Waals surface area contributed by atoms with Crippen molar-refractivity contribution in [2.75, 3.05) is 23.1 Å². The van der Waals surface area contributed by atoms with E-state index in [9.17, 15) is 0 Å². The first-order valence-corrected chi connectivity index (χ1v) is 7.04. The molecule has 0 aliphatic rings. The number of benzene rings is 1. The lowest BCUT2D eigenvalue weighted by molar-refractivity contribution is 0.913. The molecule has 0 spiro atoms. The van der Waals surface area contributed by atoms with Crippen LogP contribution in [0.3, 0.4) is 0 Å². The van der Waals surface area contributed by atoms with Crippen LogP contribution in [0.5, 0.6) is 0 Å². The number of nitrogens with two attached hydrogens (primary N) is 1. The lowest BCUT2D eigenvalue weighted by Gasteiger charge is -2.16. The Morgan fingerprint density at radius 2 is 2.20 bits per heavy atom. The molecule has 0 saturated heterocycles. The lowest BCUT2D eigenvalue weighted by atomic mass is 10.2. The number of hydrogen-bond acceptors (Lipinski definition) is 3. The summed E-state index contributed by atoms with van der Waals surface area (Å²) in [5.74, 6) is 1.09. The molecule has 4 heteroatoms. The Balaban J connectivity index is 2.81. The average molecular weight is 289 g/mol. The standard InChI is InChI=1S/C11H17BrN2S/c1-7-4-11(9(12)5-10(7)13)14-8(2)6-15-3/h4-5,8,14H,6,13H2,1-3H3. The summed E-state index contributed by atoms with van der Waals surface area (Å²) in [7, 11) is 0. The molecule has 0 heterocycles. The van der Waals surface area contributed by atoms with E-state index in [4.69, 9.17) is 5.73 Å². The molecule has 0 radical (unpaired) electrons. The minimum Gasteiger partial charge on any atom is -0.398 e. The quantitative estimate of drug-likeness (QED) is 0.833. The molecular formula is C11H17BrN2S. The van der Waals surface area contributed by atoms with E-state index >= 15 is 0 Å². The number of halogens is 1.